The van der Waals surface area contributed by atoms with Crippen LogP contribution in [-0.4, -0.2) is 14.5 Å². The number of para-hydroxylation sites is 1. The average Bonchev–Trinajstić information content (AvgIpc) is 3.16. The highest BCUT2D eigenvalue weighted by Crippen LogP contribution is 2.27. The second-order valence-corrected chi connectivity index (χ2v) is 7.97. The van der Waals surface area contributed by atoms with Gasteiger partial charge in [0, 0.05) is 16.6 Å². The van der Waals surface area contributed by atoms with Crippen molar-refractivity contribution in [3.63, 3.8) is 0 Å². The number of fused-ring (bicyclic) bond motifs is 1. The molecule has 0 aliphatic heterocycles. The van der Waals surface area contributed by atoms with Gasteiger partial charge in [0.2, 0.25) is 5.89 Å². The molecule has 4 rings (SSSR count). The number of halogens is 1. The van der Waals surface area contributed by atoms with Gasteiger partial charge in [0.15, 0.2) is 10.9 Å². The first-order valence-electron chi connectivity index (χ1n) is 8.87. The molecule has 0 radical (unpaired) electrons. The monoisotopic (exact) mass is 411 g/mol. The minimum atomic E-state index is -0.0302. The van der Waals surface area contributed by atoms with Crippen LogP contribution in [0.2, 0.25) is 5.02 Å². The maximum Gasteiger partial charge on any atom is 0.262 e. The number of benzene rings is 2. The Morgan fingerprint density at radius 1 is 1.14 bits per heavy atom. The van der Waals surface area contributed by atoms with E-state index in [4.69, 9.17) is 16.0 Å². The van der Waals surface area contributed by atoms with Crippen molar-refractivity contribution in [1.29, 1.82) is 0 Å². The highest BCUT2D eigenvalue weighted by molar-refractivity contribution is 7.98. The molecular formula is C21H18ClN3O2S. The van der Waals surface area contributed by atoms with E-state index in [0.717, 1.165) is 5.56 Å². The lowest BCUT2D eigenvalue weighted by atomic mass is 10.2. The molecule has 0 aliphatic carbocycles. The summed E-state index contributed by atoms with van der Waals surface area (Å²) in [5.41, 5.74) is 1.58. The van der Waals surface area contributed by atoms with Crippen molar-refractivity contribution in [2.24, 2.45) is 0 Å². The molecule has 2 aromatic heterocycles. The summed E-state index contributed by atoms with van der Waals surface area (Å²) in [5.74, 6) is 1.73. The Morgan fingerprint density at radius 2 is 1.89 bits per heavy atom. The second kappa shape index (κ2) is 7.81. The molecule has 0 saturated heterocycles. The van der Waals surface area contributed by atoms with Gasteiger partial charge in [-0.05, 0) is 50.2 Å². The molecule has 2 heterocycles. The van der Waals surface area contributed by atoms with Gasteiger partial charge in [0.25, 0.3) is 5.56 Å². The number of thioether (sulfide) groups is 1. The summed E-state index contributed by atoms with van der Waals surface area (Å²) in [6, 6.07) is 14.8. The van der Waals surface area contributed by atoms with Crippen molar-refractivity contribution in [2.45, 2.75) is 30.8 Å². The molecule has 0 spiro atoms. The van der Waals surface area contributed by atoms with Crippen molar-refractivity contribution >= 4 is 34.3 Å². The zero-order valence-electron chi connectivity index (χ0n) is 15.4. The van der Waals surface area contributed by atoms with E-state index in [1.807, 2.05) is 62.4 Å². The van der Waals surface area contributed by atoms with E-state index in [1.165, 1.54) is 11.8 Å². The minimum Gasteiger partial charge on any atom is -0.440 e. The van der Waals surface area contributed by atoms with Crippen LogP contribution < -0.4 is 5.56 Å². The smallest absolute Gasteiger partial charge is 0.262 e. The van der Waals surface area contributed by atoms with Crippen LogP contribution in [0.3, 0.4) is 0 Å². The quantitative estimate of drug-likeness (QED) is 0.317. The summed E-state index contributed by atoms with van der Waals surface area (Å²) in [6.07, 6.45) is 1.70. The standard InChI is InChI=1S/C21H18ClN3O2S/c1-13(2)25-20(26)16-5-3-4-6-17(16)24-21(25)28-12-19-23-11-18(27-19)14-7-9-15(22)10-8-14/h3-11,13H,12H2,1-2H3. The fraction of sp³-hybridized carbons (Fsp3) is 0.190. The van der Waals surface area contributed by atoms with Crippen molar-refractivity contribution in [1.82, 2.24) is 14.5 Å². The van der Waals surface area contributed by atoms with E-state index >= 15 is 0 Å². The molecule has 5 nitrogen and oxygen atoms in total. The van der Waals surface area contributed by atoms with Crippen LogP contribution in [0.25, 0.3) is 22.2 Å². The maximum atomic E-state index is 12.9. The lowest BCUT2D eigenvalue weighted by Crippen LogP contribution is -2.25. The van der Waals surface area contributed by atoms with Crippen LogP contribution in [-0.2, 0) is 5.75 Å². The van der Waals surface area contributed by atoms with Gasteiger partial charge >= 0.3 is 0 Å². The maximum absolute atomic E-state index is 12.9. The van der Waals surface area contributed by atoms with E-state index < -0.39 is 0 Å². The summed E-state index contributed by atoms with van der Waals surface area (Å²) >= 11 is 7.37. The highest BCUT2D eigenvalue weighted by atomic mass is 35.5. The molecule has 0 unspecified atom stereocenters. The molecule has 0 aliphatic rings. The van der Waals surface area contributed by atoms with Gasteiger partial charge in [-0.25, -0.2) is 9.97 Å². The Bertz CT molecular complexity index is 1180. The molecule has 0 fully saturated rings. The molecule has 2 aromatic carbocycles. The van der Waals surface area contributed by atoms with Crippen LogP contribution in [0.1, 0.15) is 25.8 Å². The van der Waals surface area contributed by atoms with Crippen molar-refractivity contribution < 1.29 is 4.42 Å². The van der Waals surface area contributed by atoms with Gasteiger partial charge in [-0.1, -0.05) is 35.5 Å². The Kier molecular flexibility index (Phi) is 5.24. The molecule has 7 heteroatoms. The topological polar surface area (TPSA) is 60.9 Å². The van der Waals surface area contributed by atoms with Gasteiger partial charge in [-0.3, -0.25) is 9.36 Å². The van der Waals surface area contributed by atoms with Gasteiger partial charge in [0.1, 0.15) is 0 Å². The number of hydrogen-bond acceptors (Lipinski definition) is 5. The Labute approximate surface area is 171 Å². The van der Waals surface area contributed by atoms with Crippen molar-refractivity contribution in [2.75, 3.05) is 0 Å². The van der Waals surface area contributed by atoms with Crippen LogP contribution >= 0.6 is 23.4 Å². The molecule has 4 aromatic rings. The third kappa shape index (κ3) is 3.70. The highest BCUT2D eigenvalue weighted by Gasteiger charge is 2.15. The number of aromatic nitrogens is 3. The zero-order chi connectivity index (χ0) is 19.7. The normalized spacial score (nSPS) is 11.4. The molecule has 142 valence electrons. The van der Waals surface area contributed by atoms with E-state index in [2.05, 4.69) is 9.97 Å². The molecular weight excluding hydrogens is 394 g/mol. The Hall–Kier alpha value is -2.57. The molecule has 28 heavy (non-hydrogen) atoms. The molecule has 0 N–H and O–H groups in total. The van der Waals surface area contributed by atoms with Gasteiger partial charge in [-0.2, -0.15) is 0 Å². The number of hydrogen-bond donors (Lipinski definition) is 0. The lowest BCUT2D eigenvalue weighted by Gasteiger charge is -2.15. The number of nitrogens with zero attached hydrogens (tertiary/aromatic N) is 3. The summed E-state index contributed by atoms with van der Waals surface area (Å²) in [7, 11) is 0. The predicted molar refractivity (Wildman–Crippen MR) is 113 cm³/mol. The molecule has 0 saturated carbocycles. The molecule has 0 amide bonds. The SMILES string of the molecule is CC(C)n1c(SCc2ncc(-c3ccc(Cl)cc3)o2)nc2ccccc2c1=O. The second-order valence-electron chi connectivity index (χ2n) is 6.59. The summed E-state index contributed by atoms with van der Waals surface area (Å²) in [4.78, 5) is 21.9. The van der Waals surface area contributed by atoms with Crippen LogP contribution in [0.5, 0.6) is 0 Å². The fourth-order valence-electron chi connectivity index (χ4n) is 2.93. The predicted octanol–water partition coefficient (Wildman–Crippen LogP) is 5.58. The van der Waals surface area contributed by atoms with Crippen LogP contribution in [0, 0.1) is 0 Å². The van der Waals surface area contributed by atoms with E-state index in [-0.39, 0.29) is 11.6 Å². The molecule has 0 atom stereocenters. The van der Waals surface area contributed by atoms with E-state index in [9.17, 15) is 4.79 Å². The van der Waals surface area contributed by atoms with Gasteiger partial charge < -0.3 is 4.42 Å². The number of rotatable bonds is 5. The first-order valence-corrected chi connectivity index (χ1v) is 10.2. The Balaban J connectivity index is 1.62. The summed E-state index contributed by atoms with van der Waals surface area (Å²) in [6.45, 7) is 3.96. The van der Waals surface area contributed by atoms with Gasteiger partial charge in [0.05, 0.1) is 22.9 Å². The van der Waals surface area contributed by atoms with Crippen molar-refractivity contribution in [3.8, 4) is 11.3 Å². The fourth-order valence-corrected chi connectivity index (χ4v) is 4.04. The van der Waals surface area contributed by atoms with Crippen molar-refractivity contribution in [3.05, 3.63) is 76.0 Å². The largest absolute Gasteiger partial charge is 0.440 e. The van der Waals surface area contributed by atoms with E-state index in [1.54, 1.807) is 10.8 Å². The number of oxazole rings is 1. The summed E-state index contributed by atoms with van der Waals surface area (Å²) in [5, 5.41) is 1.96. The first kappa shape index (κ1) is 18.8. The van der Waals surface area contributed by atoms with E-state index in [0.29, 0.717) is 38.5 Å². The van der Waals surface area contributed by atoms with Crippen LogP contribution in [0.15, 0.2) is 69.1 Å². The zero-order valence-corrected chi connectivity index (χ0v) is 17.0. The first-order chi connectivity index (χ1) is 13.5. The van der Waals surface area contributed by atoms with Gasteiger partial charge in [-0.15, -0.1) is 0 Å². The average molecular weight is 412 g/mol. The molecule has 0 bridgehead atoms. The lowest BCUT2D eigenvalue weighted by molar-refractivity contribution is 0.514. The van der Waals surface area contributed by atoms with Crippen LogP contribution in [0.4, 0.5) is 0 Å². The third-order valence-corrected chi connectivity index (χ3v) is 5.49. The minimum absolute atomic E-state index is 0.00120. The Morgan fingerprint density at radius 3 is 2.64 bits per heavy atom. The third-order valence-electron chi connectivity index (χ3n) is 4.30. The summed E-state index contributed by atoms with van der Waals surface area (Å²) < 4.78 is 7.58.